The van der Waals surface area contributed by atoms with Crippen molar-refractivity contribution in [2.24, 2.45) is 0 Å². The normalized spacial score (nSPS) is 12.8. The lowest BCUT2D eigenvalue weighted by molar-refractivity contribution is -0.132. The zero-order valence-corrected chi connectivity index (χ0v) is 21.7. The number of methoxy groups -OCH3 is 1. The van der Waals surface area contributed by atoms with Gasteiger partial charge in [-0.2, -0.15) is 0 Å². The Morgan fingerprint density at radius 2 is 1.89 bits per heavy atom. The zero-order valence-electron chi connectivity index (χ0n) is 20.2. The van der Waals surface area contributed by atoms with Crippen LogP contribution < -0.4 is 4.74 Å². The molecule has 2 aromatic carbocycles. The number of pyridine rings is 1. The lowest BCUT2D eigenvalue weighted by atomic mass is 9.94. The molecule has 0 radical (unpaired) electrons. The molecule has 0 fully saturated rings. The van der Waals surface area contributed by atoms with E-state index in [1.54, 1.807) is 4.90 Å². The van der Waals surface area contributed by atoms with Crippen molar-refractivity contribution in [1.82, 2.24) is 9.88 Å². The van der Waals surface area contributed by atoms with E-state index < -0.39 is 11.7 Å². The lowest BCUT2D eigenvalue weighted by Gasteiger charge is -2.31. The van der Waals surface area contributed by atoms with E-state index in [9.17, 15) is 9.59 Å². The minimum atomic E-state index is -0.866. The van der Waals surface area contributed by atoms with Crippen LogP contribution in [-0.2, 0) is 29.1 Å². The fraction of sp³-hybridized carbons (Fsp3) is 0.259. The first-order valence-electron chi connectivity index (χ1n) is 11.3. The molecule has 3 aromatic rings. The van der Waals surface area contributed by atoms with Gasteiger partial charge in [0.05, 0.1) is 24.2 Å². The minimum Gasteiger partial charge on any atom is -0.473 e. The standard InChI is InChI=1S/C27H25Cl2N3O4/c1-15-11-16(2)31-25(36-14-17-7-5-4-6-8-17)20(15)13-32-10-9-18-21(28)12-19(24(30)27(34)35-3)23(29)22(18)26(32)33/h4-8,11-12,30H,9-10,13-14H2,1-3H3. The number of ether oxygens (including phenoxy) is 2. The third-order valence-electron chi connectivity index (χ3n) is 6.11. The molecule has 0 spiro atoms. The Morgan fingerprint density at radius 1 is 1.17 bits per heavy atom. The summed E-state index contributed by atoms with van der Waals surface area (Å²) in [6.45, 7) is 4.88. The molecule has 1 aromatic heterocycles. The Kier molecular flexibility index (Phi) is 7.62. The Hall–Kier alpha value is -3.42. The van der Waals surface area contributed by atoms with Crippen molar-refractivity contribution in [2.75, 3.05) is 13.7 Å². The van der Waals surface area contributed by atoms with Crippen LogP contribution >= 0.6 is 23.2 Å². The highest BCUT2D eigenvalue weighted by molar-refractivity contribution is 6.48. The van der Waals surface area contributed by atoms with E-state index in [4.69, 9.17) is 33.3 Å². The molecule has 186 valence electrons. The molecular weight excluding hydrogens is 501 g/mol. The van der Waals surface area contributed by atoms with Gasteiger partial charge in [0, 0.05) is 28.4 Å². The molecule has 1 aliphatic heterocycles. The number of fused-ring (bicyclic) bond motifs is 1. The number of rotatable bonds is 7. The smallest absolute Gasteiger partial charge is 0.356 e. The summed E-state index contributed by atoms with van der Waals surface area (Å²) in [6.07, 6.45) is 0.476. The number of carbonyl (C=O) groups is 2. The van der Waals surface area contributed by atoms with Gasteiger partial charge in [0.2, 0.25) is 5.88 Å². The Labute approximate surface area is 219 Å². The maximum atomic E-state index is 13.6. The summed E-state index contributed by atoms with van der Waals surface area (Å²) in [7, 11) is 1.17. The molecule has 1 N–H and O–H groups in total. The van der Waals surface area contributed by atoms with Gasteiger partial charge in [0.25, 0.3) is 5.91 Å². The first kappa shape index (κ1) is 25.7. The van der Waals surface area contributed by atoms with Crippen molar-refractivity contribution in [3.05, 3.63) is 91.6 Å². The van der Waals surface area contributed by atoms with Crippen LogP contribution in [0.5, 0.6) is 5.88 Å². The lowest BCUT2D eigenvalue weighted by Crippen LogP contribution is -2.38. The number of esters is 1. The SMILES string of the molecule is COC(=O)C(=N)c1cc(Cl)c2c(c1Cl)C(=O)N(Cc1c(C)cc(C)nc1OCc1ccccc1)CC2. The quantitative estimate of drug-likeness (QED) is 0.332. The molecule has 4 rings (SSSR count). The second kappa shape index (κ2) is 10.7. The van der Waals surface area contributed by atoms with Crippen LogP contribution in [0.3, 0.4) is 0 Å². The van der Waals surface area contributed by atoms with Gasteiger partial charge in [-0.15, -0.1) is 0 Å². The van der Waals surface area contributed by atoms with Crippen LogP contribution in [0.1, 0.15) is 43.9 Å². The van der Waals surface area contributed by atoms with Crippen LogP contribution in [0.2, 0.25) is 10.0 Å². The second-order valence-electron chi connectivity index (χ2n) is 8.56. The molecular formula is C27H25Cl2N3O4. The first-order chi connectivity index (χ1) is 17.2. The van der Waals surface area contributed by atoms with Crippen molar-refractivity contribution in [3.63, 3.8) is 0 Å². The predicted octanol–water partition coefficient (Wildman–Crippen LogP) is 5.32. The van der Waals surface area contributed by atoms with Gasteiger partial charge < -0.3 is 14.4 Å². The van der Waals surface area contributed by atoms with E-state index in [1.807, 2.05) is 50.2 Å². The monoisotopic (exact) mass is 525 g/mol. The summed E-state index contributed by atoms with van der Waals surface area (Å²) in [5.41, 5.74) is 3.97. The molecule has 9 heteroatoms. The molecule has 0 unspecified atom stereocenters. The van der Waals surface area contributed by atoms with Crippen LogP contribution in [-0.4, -0.2) is 41.1 Å². The van der Waals surface area contributed by atoms with Gasteiger partial charge in [-0.3, -0.25) is 10.2 Å². The van der Waals surface area contributed by atoms with E-state index in [0.29, 0.717) is 31.0 Å². The minimum absolute atomic E-state index is 0.0128. The van der Waals surface area contributed by atoms with Crippen molar-refractivity contribution in [1.29, 1.82) is 5.41 Å². The molecule has 2 heterocycles. The summed E-state index contributed by atoms with van der Waals surface area (Å²) in [6, 6.07) is 13.2. The topological polar surface area (TPSA) is 92.6 Å². The van der Waals surface area contributed by atoms with Crippen molar-refractivity contribution in [3.8, 4) is 5.88 Å². The average Bonchev–Trinajstić information content (AvgIpc) is 2.87. The Bertz CT molecular complexity index is 1360. The molecule has 7 nitrogen and oxygen atoms in total. The number of aromatic nitrogens is 1. The van der Waals surface area contributed by atoms with Gasteiger partial charge in [0.1, 0.15) is 12.3 Å². The second-order valence-corrected chi connectivity index (χ2v) is 9.34. The number of nitrogens with zero attached hydrogens (tertiary/aromatic N) is 2. The third kappa shape index (κ3) is 5.08. The van der Waals surface area contributed by atoms with Crippen molar-refractivity contribution < 1.29 is 19.1 Å². The van der Waals surface area contributed by atoms with Gasteiger partial charge in [-0.05, 0) is 49.1 Å². The zero-order chi connectivity index (χ0) is 26.0. The van der Waals surface area contributed by atoms with Crippen LogP contribution in [0.25, 0.3) is 0 Å². The van der Waals surface area contributed by atoms with E-state index in [1.165, 1.54) is 13.2 Å². The predicted molar refractivity (Wildman–Crippen MR) is 138 cm³/mol. The van der Waals surface area contributed by atoms with Gasteiger partial charge in [0.15, 0.2) is 0 Å². The molecule has 1 aliphatic rings. The highest BCUT2D eigenvalue weighted by atomic mass is 35.5. The van der Waals surface area contributed by atoms with Crippen LogP contribution in [0.4, 0.5) is 0 Å². The summed E-state index contributed by atoms with van der Waals surface area (Å²) in [5, 5.41) is 8.41. The maximum Gasteiger partial charge on any atom is 0.356 e. The molecule has 36 heavy (non-hydrogen) atoms. The number of hydrogen-bond donors (Lipinski definition) is 1. The molecule has 1 amide bonds. The van der Waals surface area contributed by atoms with Crippen molar-refractivity contribution in [2.45, 2.75) is 33.4 Å². The van der Waals surface area contributed by atoms with E-state index in [0.717, 1.165) is 22.4 Å². The molecule has 0 atom stereocenters. The van der Waals surface area contributed by atoms with Gasteiger partial charge in [-0.25, -0.2) is 9.78 Å². The highest BCUT2D eigenvalue weighted by Gasteiger charge is 2.32. The Balaban J connectivity index is 1.66. The first-order valence-corrected chi connectivity index (χ1v) is 12.1. The molecule has 0 saturated carbocycles. The maximum absolute atomic E-state index is 13.6. The third-order valence-corrected chi connectivity index (χ3v) is 6.84. The fourth-order valence-corrected chi connectivity index (χ4v) is 4.88. The average molecular weight is 526 g/mol. The highest BCUT2D eigenvalue weighted by Crippen LogP contribution is 2.36. The summed E-state index contributed by atoms with van der Waals surface area (Å²) in [4.78, 5) is 31.8. The molecule has 0 bridgehead atoms. The van der Waals surface area contributed by atoms with Crippen molar-refractivity contribution >= 4 is 40.8 Å². The van der Waals surface area contributed by atoms with Crippen LogP contribution in [0.15, 0.2) is 42.5 Å². The number of nitrogens with one attached hydrogen (secondary N) is 1. The summed E-state index contributed by atoms with van der Waals surface area (Å²) < 4.78 is 10.7. The Morgan fingerprint density at radius 3 is 2.58 bits per heavy atom. The van der Waals surface area contributed by atoms with Crippen LogP contribution in [0, 0.1) is 19.3 Å². The molecule has 0 aliphatic carbocycles. The number of benzene rings is 2. The number of carbonyl (C=O) groups excluding carboxylic acids is 2. The van der Waals surface area contributed by atoms with E-state index >= 15 is 0 Å². The van der Waals surface area contributed by atoms with Gasteiger partial charge in [-0.1, -0.05) is 53.5 Å². The van der Waals surface area contributed by atoms with Gasteiger partial charge >= 0.3 is 5.97 Å². The summed E-state index contributed by atoms with van der Waals surface area (Å²) >= 11 is 13.0. The number of hydrogen-bond acceptors (Lipinski definition) is 6. The molecule has 0 saturated heterocycles. The number of amides is 1. The largest absolute Gasteiger partial charge is 0.473 e. The van der Waals surface area contributed by atoms with E-state index in [-0.39, 0.29) is 33.6 Å². The number of halogens is 2. The number of aryl methyl sites for hydroxylation is 2. The van der Waals surface area contributed by atoms with E-state index in [2.05, 4.69) is 9.72 Å². The summed E-state index contributed by atoms with van der Waals surface area (Å²) in [5.74, 6) is -0.730. The fourth-order valence-electron chi connectivity index (χ4n) is 4.24.